The molecule has 1 aliphatic carbocycles. The first-order chi connectivity index (χ1) is 8.11. The third-order valence-corrected chi connectivity index (χ3v) is 4.10. The summed E-state index contributed by atoms with van der Waals surface area (Å²) in [6.45, 7) is 7.98. The zero-order chi connectivity index (χ0) is 12.7. The minimum atomic E-state index is 0.723. The van der Waals surface area contributed by atoms with Crippen LogP contribution in [0.1, 0.15) is 52.4 Å². The lowest BCUT2D eigenvalue weighted by atomic mass is 9.94. The van der Waals surface area contributed by atoms with Crippen molar-refractivity contribution in [3.05, 3.63) is 0 Å². The lowest BCUT2D eigenvalue weighted by molar-refractivity contribution is 0.249. The summed E-state index contributed by atoms with van der Waals surface area (Å²) in [6, 6.07) is 0. The Labute approximate surface area is 108 Å². The molecule has 0 bridgehead atoms. The van der Waals surface area contributed by atoms with Crippen LogP contribution in [-0.2, 0) is 0 Å². The Kier molecular flexibility index (Phi) is 7.14. The second-order valence-corrected chi connectivity index (χ2v) is 6.43. The minimum Gasteiger partial charge on any atom is -0.330 e. The van der Waals surface area contributed by atoms with E-state index in [0.717, 1.165) is 24.3 Å². The van der Waals surface area contributed by atoms with Gasteiger partial charge < -0.3 is 10.6 Å². The number of rotatable bonds is 8. The molecule has 1 atom stereocenters. The highest BCUT2D eigenvalue weighted by Crippen LogP contribution is 2.25. The van der Waals surface area contributed by atoms with Crippen LogP contribution in [0.2, 0.25) is 0 Å². The van der Waals surface area contributed by atoms with Crippen molar-refractivity contribution in [3.63, 3.8) is 0 Å². The Hall–Kier alpha value is -0.0800. The molecule has 0 aromatic heterocycles. The minimum absolute atomic E-state index is 0.723. The topological polar surface area (TPSA) is 29.3 Å². The molecule has 1 fully saturated rings. The SMILES string of the molecule is CC(C)C[C@H](CN)CCN(C)CC1CCCC1. The van der Waals surface area contributed by atoms with Gasteiger partial charge in [0.2, 0.25) is 0 Å². The molecule has 2 nitrogen and oxygen atoms in total. The molecule has 0 amide bonds. The van der Waals surface area contributed by atoms with Crippen molar-refractivity contribution < 1.29 is 0 Å². The third-order valence-electron chi connectivity index (χ3n) is 4.10. The maximum absolute atomic E-state index is 5.85. The number of nitrogens with two attached hydrogens (primary N) is 1. The van der Waals surface area contributed by atoms with Gasteiger partial charge >= 0.3 is 0 Å². The van der Waals surface area contributed by atoms with Gasteiger partial charge in [-0.2, -0.15) is 0 Å². The molecule has 0 aliphatic heterocycles. The van der Waals surface area contributed by atoms with E-state index in [9.17, 15) is 0 Å². The van der Waals surface area contributed by atoms with Crippen molar-refractivity contribution in [1.29, 1.82) is 0 Å². The number of hydrogen-bond acceptors (Lipinski definition) is 2. The maximum Gasteiger partial charge on any atom is 0.000661 e. The van der Waals surface area contributed by atoms with Gasteiger partial charge in [0, 0.05) is 6.54 Å². The molecule has 0 heterocycles. The smallest absolute Gasteiger partial charge is 0.000661 e. The van der Waals surface area contributed by atoms with Crippen LogP contribution < -0.4 is 5.73 Å². The molecular weight excluding hydrogens is 208 g/mol. The van der Waals surface area contributed by atoms with Gasteiger partial charge in [-0.05, 0) is 63.6 Å². The van der Waals surface area contributed by atoms with Gasteiger partial charge in [-0.15, -0.1) is 0 Å². The summed E-state index contributed by atoms with van der Waals surface area (Å²) in [6.07, 6.45) is 8.38. The van der Waals surface area contributed by atoms with Crippen LogP contribution >= 0.6 is 0 Å². The van der Waals surface area contributed by atoms with Crippen molar-refractivity contribution in [3.8, 4) is 0 Å². The predicted molar refractivity (Wildman–Crippen MR) is 76.1 cm³/mol. The largest absolute Gasteiger partial charge is 0.330 e. The Balaban J connectivity index is 2.14. The zero-order valence-corrected chi connectivity index (χ0v) is 12.1. The van der Waals surface area contributed by atoms with E-state index < -0.39 is 0 Å². The Bertz CT molecular complexity index is 185. The first-order valence-electron chi connectivity index (χ1n) is 7.50. The molecular formula is C15H32N2. The molecule has 17 heavy (non-hydrogen) atoms. The van der Waals surface area contributed by atoms with Crippen LogP contribution in [0.25, 0.3) is 0 Å². The Morgan fingerprint density at radius 1 is 1.24 bits per heavy atom. The van der Waals surface area contributed by atoms with Gasteiger partial charge in [-0.25, -0.2) is 0 Å². The summed E-state index contributed by atoms with van der Waals surface area (Å²) in [4.78, 5) is 2.53. The number of hydrogen-bond donors (Lipinski definition) is 1. The van der Waals surface area contributed by atoms with Crippen LogP contribution in [0.15, 0.2) is 0 Å². The van der Waals surface area contributed by atoms with Crippen LogP contribution in [0.3, 0.4) is 0 Å². The molecule has 0 aromatic carbocycles. The summed E-state index contributed by atoms with van der Waals surface area (Å²) in [5.41, 5.74) is 5.85. The highest BCUT2D eigenvalue weighted by molar-refractivity contribution is 4.71. The average molecular weight is 240 g/mol. The van der Waals surface area contributed by atoms with Crippen LogP contribution in [-0.4, -0.2) is 31.6 Å². The Morgan fingerprint density at radius 2 is 1.88 bits per heavy atom. The maximum atomic E-state index is 5.85. The highest BCUT2D eigenvalue weighted by atomic mass is 15.1. The van der Waals surface area contributed by atoms with Crippen LogP contribution in [0.5, 0.6) is 0 Å². The second kappa shape index (κ2) is 8.10. The fourth-order valence-electron chi connectivity index (χ4n) is 3.13. The summed E-state index contributed by atoms with van der Waals surface area (Å²) >= 11 is 0. The van der Waals surface area contributed by atoms with E-state index in [1.807, 2.05) is 0 Å². The van der Waals surface area contributed by atoms with Gasteiger partial charge in [0.15, 0.2) is 0 Å². The van der Waals surface area contributed by atoms with Gasteiger partial charge in [-0.3, -0.25) is 0 Å². The van der Waals surface area contributed by atoms with E-state index >= 15 is 0 Å². The molecule has 0 radical (unpaired) electrons. The van der Waals surface area contributed by atoms with Crippen molar-refractivity contribution in [2.45, 2.75) is 52.4 Å². The summed E-state index contributed by atoms with van der Waals surface area (Å²) in [5.74, 6) is 2.48. The monoisotopic (exact) mass is 240 g/mol. The van der Waals surface area contributed by atoms with E-state index in [2.05, 4.69) is 25.8 Å². The lowest BCUT2D eigenvalue weighted by Crippen LogP contribution is -2.28. The fourth-order valence-corrected chi connectivity index (χ4v) is 3.13. The molecule has 2 heteroatoms. The summed E-state index contributed by atoms with van der Waals surface area (Å²) in [5, 5.41) is 0. The first-order valence-corrected chi connectivity index (χ1v) is 7.50. The quantitative estimate of drug-likeness (QED) is 0.706. The lowest BCUT2D eigenvalue weighted by Gasteiger charge is -2.24. The molecule has 0 spiro atoms. The van der Waals surface area contributed by atoms with E-state index in [0.29, 0.717) is 0 Å². The molecule has 1 rings (SSSR count). The van der Waals surface area contributed by atoms with Gasteiger partial charge in [-0.1, -0.05) is 26.7 Å². The molecule has 102 valence electrons. The normalized spacial score (nSPS) is 19.4. The summed E-state index contributed by atoms with van der Waals surface area (Å²) in [7, 11) is 2.28. The number of nitrogens with zero attached hydrogens (tertiary/aromatic N) is 1. The van der Waals surface area contributed by atoms with Crippen molar-refractivity contribution >= 4 is 0 Å². The van der Waals surface area contributed by atoms with Crippen molar-refractivity contribution in [1.82, 2.24) is 4.90 Å². The molecule has 1 saturated carbocycles. The van der Waals surface area contributed by atoms with Gasteiger partial charge in [0.1, 0.15) is 0 Å². The third kappa shape index (κ3) is 6.42. The van der Waals surface area contributed by atoms with Gasteiger partial charge in [0.25, 0.3) is 0 Å². The standard InChI is InChI=1S/C15H32N2/c1-13(2)10-15(11-16)8-9-17(3)12-14-6-4-5-7-14/h13-15H,4-12,16H2,1-3H3/t15-/m1/s1. The van der Waals surface area contributed by atoms with Crippen molar-refractivity contribution in [2.75, 3.05) is 26.7 Å². The summed E-state index contributed by atoms with van der Waals surface area (Å²) < 4.78 is 0. The molecule has 0 aromatic rings. The second-order valence-electron chi connectivity index (χ2n) is 6.43. The van der Waals surface area contributed by atoms with E-state index in [4.69, 9.17) is 5.73 Å². The van der Waals surface area contributed by atoms with Gasteiger partial charge in [0.05, 0.1) is 0 Å². The van der Waals surface area contributed by atoms with Crippen LogP contribution in [0.4, 0.5) is 0 Å². The predicted octanol–water partition coefficient (Wildman–Crippen LogP) is 3.12. The van der Waals surface area contributed by atoms with E-state index in [1.165, 1.54) is 51.6 Å². The Morgan fingerprint density at radius 3 is 2.41 bits per heavy atom. The average Bonchev–Trinajstić information content (AvgIpc) is 2.76. The van der Waals surface area contributed by atoms with E-state index in [1.54, 1.807) is 0 Å². The molecule has 2 N–H and O–H groups in total. The van der Waals surface area contributed by atoms with E-state index in [-0.39, 0.29) is 0 Å². The molecule has 0 unspecified atom stereocenters. The molecule has 0 saturated heterocycles. The zero-order valence-electron chi connectivity index (χ0n) is 12.1. The first kappa shape index (κ1) is 15.0. The fraction of sp³-hybridized carbons (Fsp3) is 1.00. The van der Waals surface area contributed by atoms with Crippen LogP contribution in [0, 0.1) is 17.8 Å². The van der Waals surface area contributed by atoms with Crippen molar-refractivity contribution in [2.24, 2.45) is 23.5 Å². The molecule has 1 aliphatic rings. The highest BCUT2D eigenvalue weighted by Gasteiger charge is 2.17.